The average molecular weight is 365 g/mol. The molecule has 1 amide bonds. The van der Waals surface area contributed by atoms with Crippen molar-refractivity contribution in [2.45, 2.75) is 6.42 Å². The van der Waals surface area contributed by atoms with Crippen LogP contribution in [-0.2, 0) is 13.5 Å². The number of nitrogens with two attached hydrogens (primary N) is 1. The highest BCUT2D eigenvalue weighted by Gasteiger charge is 2.25. The fraction of sp³-hybridized carbons (Fsp3) is 0.111. The summed E-state index contributed by atoms with van der Waals surface area (Å²) in [6.45, 7) is 0. The number of primary amides is 1. The number of hydrogen-bond donors (Lipinski definition) is 2. The van der Waals surface area contributed by atoms with Gasteiger partial charge < -0.3 is 10.8 Å². The quantitative estimate of drug-likeness (QED) is 0.623. The number of carboxylic acids is 1. The Bertz CT molecular complexity index is 1040. The van der Waals surface area contributed by atoms with Crippen LogP contribution in [0, 0.1) is 0 Å². The highest BCUT2D eigenvalue weighted by Crippen LogP contribution is 2.26. The summed E-state index contributed by atoms with van der Waals surface area (Å²) in [6, 6.07) is 6.01. The molecule has 9 nitrogen and oxygen atoms in total. The van der Waals surface area contributed by atoms with E-state index in [2.05, 4.69) is 15.1 Å². The average Bonchev–Trinajstić information content (AvgIpc) is 2.99. The van der Waals surface area contributed by atoms with Gasteiger partial charge in [0.05, 0.1) is 12.1 Å². The molecule has 27 heavy (non-hydrogen) atoms. The lowest BCUT2D eigenvalue weighted by Gasteiger charge is -2.05. The molecule has 0 saturated heterocycles. The fourth-order valence-electron chi connectivity index (χ4n) is 2.69. The molecule has 0 aliphatic carbocycles. The van der Waals surface area contributed by atoms with Crippen LogP contribution in [0.1, 0.15) is 36.9 Å². The third-order valence-electron chi connectivity index (χ3n) is 4.00. The van der Waals surface area contributed by atoms with E-state index in [1.54, 1.807) is 19.2 Å². The molecule has 0 radical (unpaired) electrons. The van der Waals surface area contributed by atoms with Crippen LogP contribution in [-0.4, -0.2) is 42.5 Å². The summed E-state index contributed by atoms with van der Waals surface area (Å²) in [4.78, 5) is 43.4. The van der Waals surface area contributed by atoms with Gasteiger partial charge in [0.15, 0.2) is 5.78 Å². The molecule has 3 rings (SSSR count). The number of aromatic nitrogens is 4. The highest BCUT2D eigenvalue weighted by molar-refractivity contribution is 6.02. The van der Waals surface area contributed by atoms with Crippen molar-refractivity contribution in [3.05, 3.63) is 65.4 Å². The molecule has 0 atom stereocenters. The summed E-state index contributed by atoms with van der Waals surface area (Å²) in [7, 11) is 1.57. The van der Waals surface area contributed by atoms with Crippen LogP contribution in [0.3, 0.4) is 0 Å². The van der Waals surface area contributed by atoms with Gasteiger partial charge in [0.2, 0.25) is 0 Å². The second-order valence-corrected chi connectivity index (χ2v) is 5.73. The van der Waals surface area contributed by atoms with Crippen LogP contribution in [0.5, 0.6) is 0 Å². The van der Waals surface area contributed by atoms with Gasteiger partial charge in [-0.2, -0.15) is 5.10 Å². The Morgan fingerprint density at radius 1 is 1.15 bits per heavy atom. The molecule has 0 aromatic carbocycles. The minimum atomic E-state index is -1.19. The second kappa shape index (κ2) is 7.16. The number of aromatic carboxylic acids is 1. The van der Waals surface area contributed by atoms with Crippen molar-refractivity contribution < 1.29 is 19.5 Å². The first-order valence-corrected chi connectivity index (χ1v) is 7.87. The third kappa shape index (κ3) is 3.56. The van der Waals surface area contributed by atoms with E-state index in [0.29, 0.717) is 5.56 Å². The Kier molecular flexibility index (Phi) is 4.75. The van der Waals surface area contributed by atoms with Gasteiger partial charge in [0.1, 0.15) is 17.0 Å². The minimum absolute atomic E-state index is 0.0400. The Balaban J connectivity index is 2.01. The van der Waals surface area contributed by atoms with Crippen LogP contribution < -0.4 is 5.73 Å². The Morgan fingerprint density at radius 3 is 2.48 bits per heavy atom. The van der Waals surface area contributed by atoms with E-state index < -0.39 is 11.9 Å². The van der Waals surface area contributed by atoms with Gasteiger partial charge in [-0.3, -0.25) is 24.2 Å². The number of pyridine rings is 2. The van der Waals surface area contributed by atoms with E-state index in [4.69, 9.17) is 5.73 Å². The molecule has 0 spiro atoms. The van der Waals surface area contributed by atoms with E-state index in [1.165, 1.54) is 35.4 Å². The molecule has 0 aliphatic rings. The van der Waals surface area contributed by atoms with Crippen LogP contribution >= 0.6 is 0 Å². The van der Waals surface area contributed by atoms with Crippen molar-refractivity contribution in [2.24, 2.45) is 12.8 Å². The van der Waals surface area contributed by atoms with E-state index in [0.717, 1.165) is 0 Å². The number of carbonyl (C=O) groups excluding carboxylic acids is 2. The topological polar surface area (TPSA) is 141 Å². The monoisotopic (exact) mass is 365 g/mol. The van der Waals surface area contributed by atoms with Crippen LogP contribution in [0.2, 0.25) is 0 Å². The fourth-order valence-corrected chi connectivity index (χ4v) is 2.69. The molecule has 136 valence electrons. The molecular formula is C18H15N5O4. The zero-order valence-electron chi connectivity index (χ0n) is 14.3. The molecule has 0 saturated carbocycles. The maximum atomic E-state index is 12.6. The van der Waals surface area contributed by atoms with Crippen molar-refractivity contribution in [1.29, 1.82) is 0 Å². The van der Waals surface area contributed by atoms with E-state index in [9.17, 15) is 19.5 Å². The molecule has 0 unspecified atom stereocenters. The molecular weight excluding hydrogens is 350 g/mol. The molecule has 0 fully saturated rings. The molecule has 3 aromatic rings. The summed E-state index contributed by atoms with van der Waals surface area (Å²) in [5.41, 5.74) is 6.38. The molecule has 3 aromatic heterocycles. The predicted octanol–water partition coefficient (Wildman–Crippen LogP) is 1.10. The van der Waals surface area contributed by atoms with Crippen molar-refractivity contribution >= 4 is 17.7 Å². The summed E-state index contributed by atoms with van der Waals surface area (Å²) in [6.07, 6.45) is 4.15. The number of amides is 1. The largest absolute Gasteiger partial charge is 0.478 e. The number of carbonyl (C=O) groups is 3. The highest BCUT2D eigenvalue weighted by atomic mass is 16.4. The van der Waals surface area contributed by atoms with E-state index >= 15 is 0 Å². The molecule has 3 N–H and O–H groups in total. The molecule has 3 heterocycles. The number of nitrogens with zero attached hydrogens (tertiary/aromatic N) is 4. The lowest BCUT2D eigenvalue weighted by molar-refractivity contribution is 0.0696. The third-order valence-corrected chi connectivity index (χ3v) is 4.00. The summed E-state index contributed by atoms with van der Waals surface area (Å²) >= 11 is 0. The normalized spacial score (nSPS) is 10.6. The van der Waals surface area contributed by atoms with Crippen LogP contribution in [0.15, 0.2) is 42.9 Å². The number of carboxylic acid groups (broad SMARTS) is 1. The van der Waals surface area contributed by atoms with Crippen molar-refractivity contribution in [3.63, 3.8) is 0 Å². The van der Waals surface area contributed by atoms with Gasteiger partial charge in [0.25, 0.3) is 5.91 Å². The lowest BCUT2D eigenvalue weighted by Crippen LogP contribution is -2.16. The number of aryl methyl sites for hydroxylation is 1. The zero-order valence-corrected chi connectivity index (χ0v) is 14.3. The minimum Gasteiger partial charge on any atom is -0.478 e. The number of hydrogen-bond acceptors (Lipinski definition) is 6. The Morgan fingerprint density at radius 2 is 1.85 bits per heavy atom. The van der Waals surface area contributed by atoms with Crippen LogP contribution in [0.25, 0.3) is 11.3 Å². The maximum Gasteiger partial charge on any atom is 0.339 e. The van der Waals surface area contributed by atoms with Gasteiger partial charge in [-0.15, -0.1) is 0 Å². The molecule has 0 aliphatic heterocycles. The van der Waals surface area contributed by atoms with Crippen LogP contribution in [0.4, 0.5) is 0 Å². The van der Waals surface area contributed by atoms with Crippen molar-refractivity contribution in [3.8, 4) is 11.3 Å². The van der Waals surface area contributed by atoms with Gasteiger partial charge >= 0.3 is 5.97 Å². The van der Waals surface area contributed by atoms with Gasteiger partial charge in [-0.05, 0) is 24.3 Å². The zero-order chi connectivity index (χ0) is 19.6. The first kappa shape index (κ1) is 17.9. The summed E-state index contributed by atoms with van der Waals surface area (Å²) in [5, 5.41) is 13.9. The summed E-state index contributed by atoms with van der Waals surface area (Å²) in [5.74, 6) is -2.33. The molecule has 9 heteroatoms. The Hall–Kier alpha value is -3.88. The smallest absolute Gasteiger partial charge is 0.339 e. The SMILES string of the molecule is Cn1nc(-c2ccncc2)c(C(=O)O)c1CC(=O)c1ccnc(C(N)=O)c1. The van der Waals surface area contributed by atoms with Crippen molar-refractivity contribution in [2.75, 3.05) is 0 Å². The molecule has 0 bridgehead atoms. The first-order chi connectivity index (χ1) is 12.9. The number of rotatable bonds is 6. The second-order valence-electron chi connectivity index (χ2n) is 5.73. The predicted molar refractivity (Wildman–Crippen MR) is 94.2 cm³/mol. The summed E-state index contributed by atoms with van der Waals surface area (Å²) < 4.78 is 1.37. The van der Waals surface area contributed by atoms with Gasteiger partial charge in [-0.1, -0.05) is 0 Å². The van der Waals surface area contributed by atoms with Gasteiger partial charge in [-0.25, -0.2) is 4.79 Å². The number of ketones is 1. The lowest BCUT2D eigenvalue weighted by atomic mass is 10.0. The maximum absolute atomic E-state index is 12.6. The Labute approximate surface area is 153 Å². The first-order valence-electron chi connectivity index (χ1n) is 7.87. The number of Topliss-reactive ketones (excluding diaryl/α,β-unsaturated/α-hetero) is 1. The van der Waals surface area contributed by atoms with E-state index in [-0.39, 0.29) is 40.4 Å². The van der Waals surface area contributed by atoms with E-state index in [1.807, 2.05) is 0 Å². The van der Waals surface area contributed by atoms with Crippen molar-refractivity contribution in [1.82, 2.24) is 19.7 Å². The van der Waals surface area contributed by atoms with Gasteiger partial charge in [0, 0.05) is 36.8 Å². The standard InChI is InChI=1S/C18H15N5O4/c1-23-13(9-14(24)11-4-7-21-12(8-11)17(19)25)15(18(26)27)16(22-23)10-2-5-20-6-3-10/h2-8H,9H2,1H3,(H2,19,25)(H,26,27).